The van der Waals surface area contributed by atoms with Crippen molar-refractivity contribution in [1.29, 1.82) is 5.26 Å². The standard InChI is InChI=1S/C13H16N6OS/c1-4-8-9(6-14)12(17-15-10(8)5-2)21-13-18-16-11(7-20)19(13)3/h20H,4-5,7H2,1-3H3. The largest absolute Gasteiger partial charge is 0.388 e. The van der Waals surface area contributed by atoms with E-state index in [0.717, 1.165) is 24.1 Å². The summed E-state index contributed by atoms with van der Waals surface area (Å²) in [5.74, 6) is 0.463. The van der Waals surface area contributed by atoms with E-state index in [9.17, 15) is 5.26 Å². The van der Waals surface area contributed by atoms with Gasteiger partial charge in [0.2, 0.25) is 0 Å². The zero-order chi connectivity index (χ0) is 15.4. The smallest absolute Gasteiger partial charge is 0.197 e. The van der Waals surface area contributed by atoms with E-state index in [1.807, 2.05) is 13.8 Å². The van der Waals surface area contributed by atoms with E-state index < -0.39 is 0 Å². The molecule has 7 nitrogen and oxygen atoms in total. The second-order valence-electron chi connectivity index (χ2n) is 4.34. The van der Waals surface area contributed by atoms with E-state index in [2.05, 4.69) is 26.5 Å². The minimum Gasteiger partial charge on any atom is -0.388 e. The van der Waals surface area contributed by atoms with Gasteiger partial charge in [-0.15, -0.1) is 15.3 Å². The lowest BCUT2D eigenvalue weighted by atomic mass is 10.1. The monoisotopic (exact) mass is 304 g/mol. The number of nitrogens with zero attached hydrogens (tertiary/aromatic N) is 6. The van der Waals surface area contributed by atoms with E-state index >= 15 is 0 Å². The molecule has 0 fully saturated rings. The Labute approximate surface area is 127 Å². The van der Waals surface area contributed by atoms with Crippen molar-refractivity contribution in [3.8, 4) is 6.07 Å². The van der Waals surface area contributed by atoms with Gasteiger partial charge >= 0.3 is 0 Å². The molecule has 1 N–H and O–H groups in total. The first-order valence-corrected chi connectivity index (χ1v) is 7.43. The molecular weight excluding hydrogens is 288 g/mol. The molecule has 0 bridgehead atoms. The molecule has 2 heterocycles. The van der Waals surface area contributed by atoms with E-state index in [4.69, 9.17) is 5.11 Å². The summed E-state index contributed by atoms with van der Waals surface area (Å²) in [6.45, 7) is 3.81. The Morgan fingerprint density at radius 3 is 2.48 bits per heavy atom. The van der Waals surface area contributed by atoms with Crippen molar-refractivity contribution < 1.29 is 5.11 Å². The van der Waals surface area contributed by atoms with Crippen LogP contribution in [-0.2, 0) is 26.5 Å². The number of aryl methyl sites for hydroxylation is 1. The molecule has 0 amide bonds. The lowest BCUT2D eigenvalue weighted by Crippen LogP contribution is -2.05. The Bertz CT molecular complexity index is 691. The Kier molecular flexibility index (Phi) is 4.88. The summed E-state index contributed by atoms with van der Waals surface area (Å²) < 4.78 is 1.67. The minimum atomic E-state index is -0.185. The minimum absolute atomic E-state index is 0.185. The second kappa shape index (κ2) is 6.65. The highest BCUT2D eigenvalue weighted by Crippen LogP contribution is 2.29. The predicted molar refractivity (Wildman–Crippen MR) is 76.6 cm³/mol. The summed E-state index contributed by atoms with van der Waals surface area (Å²) in [5.41, 5.74) is 2.33. The number of hydrogen-bond acceptors (Lipinski definition) is 7. The lowest BCUT2D eigenvalue weighted by Gasteiger charge is -2.09. The highest BCUT2D eigenvalue weighted by atomic mass is 32.2. The van der Waals surface area contributed by atoms with Crippen molar-refractivity contribution in [2.45, 2.75) is 43.5 Å². The normalized spacial score (nSPS) is 10.6. The van der Waals surface area contributed by atoms with E-state index in [1.54, 1.807) is 11.6 Å². The van der Waals surface area contributed by atoms with Crippen molar-refractivity contribution in [3.05, 3.63) is 22.6 Å². The Balaban J connectivity index is 2.45. The summed E-state index contributed by atoms with van der Waals surface area (Å²) in [7, 11) is 1.76. The first kappa shape index (κ1) is 15.4. The molecule has 0 saturated heterocycles. The van der Waals surface area contributed by atoms with Gasteiger partial charge in [0.25, 0.3) is 0 Å². The van der Waals surface area contributed by atoms with Crippen LogP contribution < -0.4 is 0 Å². The third-order valence-corrected chi connectivity index (χ3v) is 4.20. The van der Waals surface area contributed by atoms with Crippen LogP contribution in [0, 0.1) is 11.3 Å². The fourth-order valence-electron chi connectivity index (χ4n) is 2.00. The number of rotatable bonds is 5. The average Bonchev–Trinajstić information content (AvgIpc) is 2.86. The van der Waals surface area contributed by atoms with E-state index in [-0.39, 0.29) is 6.61 Å². The van der Waals surface area contributed by atoms with Gasteiger partial charge in [-0.3, -0.25) is 0 Å². The van der Waals surface area contributed by atoms with Crippen molar-refractivity contribution in [2.24, 2.45) is 7.05 Å². The first-order valence-electron chi connectivity index (χ1n) is 6.61. The third kappa shape index (κ3) is 2.89. The molecule has 8 heteroatoms. The van der Waals surface area contributed by atoms with Gasteiger partial charge < -0.3 is 9.67 Å². The van der Waals surface area contributed by atoms with Crippen molar-refractivity contribution in [1.82, 2.24) is 25.0 Å². The van der Waals surface area contributed by atoms with Gasteiger partial charge in [0.1, 0.15) is 17.7 Å². The Morgan fingerprint density at radius 1 is 1.19 bits per heavy atom. The maximum atomic E-state index is 9.44. The number of nitriles is 1. The molecule has 2 rings (SSSR count). The predicted octanol–water partition coefficient (Wildman–Crippen LogP) is 1.25. The van der Waals surface area contributed by atoms with Crippen molar-refractivity contribution in [2.75, 3.05) is 0 Å². The van der Waals surface area contributed by atoms with Gasteiger partial charge in [-0.2, -0.15) is 10.4 Å². The molecule has 110 valence electrons. The SMILES string of the molecule is CCc1nnc(Sc2nnc(CO)n2C)c(C#N)c1CC. The van der Waals surface area contributed by atoms with Crippen LogP contribution in [0.4, 0.5) is 0 Å². The zero-order valence-electron chi connectivity index (χ0n) is 12.2. The van der Waals surface area contributed by atoms with Crippen LogP contribution in [0.2, 0.25) is 0 Å². The number of aromatic nitrogens is 5. The van der Waals surface area contributed by atoms with Crippen molar-refractivity contribution >= 4 is 11.8 Å². The highest BCUT2D eigenvalue weighted by molar-refractivity contribution is 7.99. The van der Waals surface area contributed by atoms with Gasteiger partial charge in [0, 0.05) is 7.05 Å². The summed E-state index contributed by atoms with van der Waals surface area (Å²) >= 11 is 1.23. The van der Waals surface area contributed by atoms with Crippen LogP contribution >= 0.6 is 11.8 Å². The second-order valence-corrected chi connectivity index (χ2v) is 5.30. The zero-order valence-corrected chi connectivity index (χ0v) is 13.0. The molecule has 0 radical (unpaired) electrons. The number of aliphatic hydroxyl groups is 1. The molecular formula is C13H16N6OS. The molecule has 21 heavy (non-hydrogen) atoms. The van der Waals surface area contributed by atoms with Crippen LogP contribution in [0.5, 0.6) is 0 Å². The Hall–Kier alpha value is -1.98. The molecule has 0 aliphatic carbocycles. The van der Waals surface area contributed by atoms with Crippen LogP contribution in [-0.4, -0.2) is 30.1 Å². The topological polar surface area (TPSA) is 101 Å². The molecule has 0 unspecified atom stereocenters. The molecule has 2 aromatic rings. The van der Waals surface area contributed by atoms with Crippen LogP contribution in [0.1, 0.15) is 36.5 Å². The van der Waals surface area contributed by atoms with Crippen molar-refractivity contribution in [3.63, 3.8) is 0 Å². The molecule has 0 aliphatic rings. The quantitative estimate of drug-likeness (QED) is 0.887. The average molecular weight is 304 g/mol. The Morgan fingerprint density at radius 2 is 1.95 bits per heavy atom. The summed E-state index contributed by atoms with van der Waals surface area (Å²) in [6.07, 6.45) is 1.48. The molecule has 2 aromatic heterocycles. The maximum absolute atomic E-state index is 9.44. The fraction of sp³-hybridized carbons (Fsp3) is 0.462. The third-order valence-electron chi connectivity index (χ3n) is 3.18. The molecule has 0 saturated carbocycles. The van der Waals surface area contributed by atoms with Gasteiger partial charge in [0.15, 0.2) is 11.0 Å². The molecule has 0 aromatic carbocycles. The van der Waals surface area contributed by atoms with Gasteiger partial charge in [-0.05, 0) is 30.2 Å². The van der Waals surface area contributed by atoms with Gasteiger partial charge in [-0.25, -0.2) is 0 Å². The van der Waals surface area contributed by atoms with Gasteiger partial charge in [-0.1, -0.05) is 13.8 Å². The van der Waals surface area contributed by atoms with E-state index in [0.29, 0.717) is 21.6 Å². The molecule has 0 aliphatic heterocycles. The maximum Gasteiger partial charge on any atom is 0.197 e. The first-order chi connectivity index (χ1) is 10.2. The van der Waals surface area contributed by atoms with E-state index in [1.165, 1.54) is 11.8 Å². The number of aliphatic hydroxyl groups excluding tert-OH is 1. The number of hydrogen-bond donors (Lipinski definition) is 1. The summed E-state index contributed by atoms with van der Waals surface area (Å²) in [6, 6.07) is 2.22. The molecule has 0 spiro atoms. The lowest BCUT2D eigenvalue weighted by molar-refractivity contribution is 0.266. The summed E-state index contributed by atoms with van der Waals surface area (Å²) in [4.78, 5) is 0. The van der Waals surface area contributed by atoms with Crippen LogP contribution in [0.25, 0.3) is 0 Å². The fourth-order valence-corrected chi connectivity index (χ4v) is 2.85. The van der Waals surface area contributed by atoms with Crippen LogP contribution in [0.3, 0.4) is 0 Å². The highest BCUT2D eigenvalue weighted by Gasteiger charge is 2.18. The summed E-state index contributed by atoms with van der Waals surface area (Å²) in [5, 5.41) is 35.9. The molecule has 0 atom stereocenters. The van der Waals surface area contributed by atoms with Gasteiger partial charge in [0.05, 0.1) is 11.3 Å². The van der Waals surface area contributed by atoms with Crippen LogP contribution in [0.15, 0.2) is 10.2 Å².